The number of nitrogens with one attached hydrogen (secondary N) is 1. The van der Waals surface area contributed by atoms with Crippen LogP contribution in [-0.4, -0.2) is 19.5 Å². The molecule has 3 N–H and O–H groups in total. The first-order valence-electron chi connectivity index (χ1n) is 9.41. The Hall–Kier alpha value is -4.39. The first kappa shape index (κ1) is 17.7. The van der Waals surface area contributed by atoms with Gasteiger partial charge in [-0.1, -0.05) is 30.3 Å². The van der Waals surface area contributed by atoms with E-state index in [1.165, 1.54) is 6.33 Å². The third kappa shape index (κ3) is 3.40. The lowest BCUT2D eigenvalue weighted by Crippen LogP contribution is -2.07. The molecule has 2 aromatic heterocycles. The van der Waals surface area contributed by atoms with Crippen molar-refractivity contribution >= 4 is 28.2 Å². The molecule has 5 aromatic rings. The SMILES string of the molecule is Nc1c(Nc2ccc(Oc3ccccc3)cc2)ncnc1-n1cnc2ccccc21. The first-order valence-corrected chi connectivity index (χ1v) is 9.41. The fourth-order valence-corrected chi connectivity index (χ4v) is 3.17. The van der Waals surface area contributed by atoms with Gasteiger partial charge in [0.2, 0.25) is 0 Å². The predicted molar refractivity (Wildman–Crippen MR) is 117 cm³/mol. The molecule has 0 aliphatic heterocycles. The van der Waals surface area contributed by atoms with Crippen LogP contribution in [0.1, 0.15) is 0 Å². The highest BCUT2D eigenvalue weighted by Gasteiger charge is 2.13. The second kappa shape index (κ2) is 7.56. The van der Waals surface area contributed by atoms with Crippen molar-refractivity contribution in [3.8, 4) is 17.3 Å². The largest absolute Gasteiger partial charge is 0.457 e. The van der Waals surface area contributed by atoms with Crippen LogP contribution in [0.5, 0.6) is 11.5 Å². The molecular formula is C23H18N6O. The molecule has 0 aliphatic rings. The van der Waals surface area contributed by atoms with Crippen LogP contribution < -0.4 is 15.8 Å². The zero-order valence-electron chi connectivity index (χ0n) is 15.9. The molecule has 0 bridgehead atoms. The smallest absolute Gasteiger partial charge is 0.167 e. The number of nitrogen functional groups attached to an aromatic ring is 1. The Bertz CT molecular complexity index is 1300. The van der Waals surface area contributed by atoms with E-state index in [0.29, 0.717) is 17.3 Å². The summed E-state index contributed by atoms with van der Waals surface area (Å²) >= 11 is 0. The molecule has 146 valence electrons. The maximum atomic E-state index is 6.38. The van der Waals surface area contributed by atoms with Crippen LogP contribution >= 0.6 is 0 Å². The summed E-state index contributed by atoms with van der Waals surface area (Å²) in [5.41, 5.74) is 9.46. The predicted octanol–water partition coefficient (Wildman–Crippen LogP) is 4.93. The number of aromatic nitrogens is 4. The van der Waals surface area contributed by atoms with Crippen molar-refractivity contribution in [2.75, 3.05) is 11.1 Å². The molecule has 0 amide bonds. The first-order chi connectivity index (χ1) is 14.8. The van der Waals surface area contributed by atoms with Crippen LogP contribution in [0.3, 0.4) is 0 Å². The number of para-hydroxylation sites is 3. The fraction of sp³-hybridized carbons (Fsp3) is 0. The minimum Gasteiger partial charge on any atom is -0.457 e. The summed E-state index contributed by atoms with van der Waals surface area (Å²) in [6, 6.07) is 25.1. The van der Waals surface area contributed by atoms with E-state index in [4.69, 9.17) is 10.5 Å². The molecule has 0 atom stereocenters. The van der Waals surface area contributed by atoms with E-state index >= 15 is 0 Å². The van der Waals surface area contributed by atoms with Gasteiger partial charge >= 0.3 is 0 Å². The average molecular weight is 394 g/mol. The second-order valence-electron chi connectivity index (χ2n) is 6.63. The lowest BCUT2D eigenvalue weighted by molar-refractivity contribution is 0.483. The van der Waals surface area contributed by atoms with Gasteiger partial charge in [-0.2, -0.15) is 0 Å². The molecule has 7 heteroatoms. The Balaban J connectivity index is 1.40. The van der Waals surface area contributed by atoms with Gasteiger partial charge in [-0.3, -0.25) is 4.57 Å². The van der Waals surface area contributed by atoms with Crippen molar-refractivity contribution in [2.24, 2.45) is 0 Å². The minimum absolute atomic E-state index is 0.435. The molecule has 0 fully saturated rings. The fourth-order valence-electron chi connectivity index (χ4n) is 3.17. The van der Waals surface area contributed by atoms with Crippen LogP contribution in [0.25, 0.3) is 16.9 Å². The van der Waals surface area contributed by atoms with Gasteiger partial charge in [-0.15, -0.1) is 0 Å². The van der Waals surface area contributed by atoms with E-state index < -0.39 is 0 Å². The minimum atomic E-state index is 0.435. The van der Waals surface area contributed by atoms with E-state index in [1.54, 1.807) is 6.33 Å². The van der Waals surface area contributed by atoms with Crippen LogP contribution in [0.15, 0.2) is 91.5 Å². The number of anilines is 3. The van der Waals surface area contributed by atoms with E-state index in [2.05, 4.69) is 20.3 Å². The number of hydrogen-bond donors (Lipinski definition) is 2. The zero-order chi connectivity index (χ0) is 20.3. The molecule has 0 radical (unpaired) electrons. The Morgan fingerprint density at radius 2 is 1.50 bits per heavy atom. The van der Waals surface area contributed by atoms with Crippen LogP contribution in [-0.2, 0) is 0 Å². The van der Waals surface area contributed by atoms with Crippen molar-refractivity contribution in [2.45, 2.75) is 0 Å². The quantitative estimate of drug-likeness (QED) is 0.439. The van der Waals surface area contributed by atoms with Crippen molar-refractivity contribution in [1.29, 1.82) is 0 Å². The standard InChI is InChI=1S/C23H18N6O/c24-21-22(25-14-26-23(21)29-15-27-19-8-4-5-9-20(19)29)28-16-10-12-18(13-11-16)30-17-6-2-1-3-7-17/h1-15H,24H2,(H,25,26,28). The lowest BCUT2D eigenvalue weighted by atomic mass is 10.3. The molecule has 0 unspecified atom stereocenters. The Labute approximate surface area is 172 Å². The highest BCUT2D eigenvalue weighted by molar-refractivity contribution is 5.81. The number of fused-ring (bicyclic) bond motifs is 1. The highest BCUT2D eigenvalue weighted by Crippen LogP contribution is 2.29. The maximum Gasteiger partial charge on any atom is 0.167 e. The maximum absolute atomic E-state index is 6.38. The number of rotatable bonds is 5. The summed E-state index contributed by atoms with van der Waals surface area (Å²) in [5.74, 6) is 2.63. The molecule has 5 rings (SSSR count). The van der Waals surface area contributed by atoms with E-state index in [1.807, 2.05) is 83.4 Å². The number of imidazole rings is 1. The molecule has 0 saturated heterocycles. The summed E-state index contributed by atoms with van der Waals surface area (Å²) < 4.78 is 7.68. The van der Waals surface area contributed by atoms with Gasteiger partial charge in [-0.05, 0) is 48.5 Å². The van der Waals surface area contributed by atoms with E-state index in [0.717, 1.165) is 28.2 Å². The van der Waals surface area contributed by atoms with E-state index in [-0.39, 0.29) is 0 Å². The van der Waals surface area contributed by atoms with Gasteiger partial charge in [0.15, 0.2) is 11.6 Å². The normalized spacial score (nSPS) is 10.8. The number of hydrogen-bond acceptors (Lipinski definition) is 6. The van der Waals surface area contributed by atoms with Crippen molar-refractivity contribution < 1.29 is 4.74 Å². The van der Waals surface area contributed by atoms with Crippen LogP contribution in [0, 0.1) is 0 Å². The van der Waals surface area contributed by atoms with E-state index in [9.17, 15) is 0 Å². The molecule has 7 nitrogen and oxygen atoms in total. The van der Waals surface area contributed by atoms with Crippen molar-refractivity contribution in [3.63, 3.8) is 0 Å². The molecular weight excluding hydrogens is 376 g/mol. The van der Waals surface area contributed by atoms with Gasteiger partial charge in [-0.25, -0.2) is 15.0 Å². The number of ether oxygens (including phenoxy) is 1. The second-order valence-corrected chi connectivity index (χ2v) is 6.63. The third-order valence-corrected chi connectivity index (χ3v) is 4.64. The number of nitrogens with two attached hydrogens (primary N) is 1. The number of nitrogens with zero attached hydrogens (tertiary/aromatic N) is 4. The number of benzene rings is 3. The van der Waals surface area contributed by atoms with Gasteiger partial charge in [0.25, 0.3) is 0 Å². The molecule has 0 spiro atoms. The summed E-state index contributed by atoms with van der Waals surface area (Å²) in [6.07, 6.45) is 3.19. The summed E-state index contributed by atoms with van der Waals surface area (Å²) in [7, 11) is 0. The molecule has 0 saturated carbocycles. The van der Waals surface area contributed by atoms with Gasteiger partial charge in [0.05, 0.1) is 11.0 Å². The lowest BCUT2D eigenvalue weighted by Gasteiger charge is -2.12. The van der Waals surface area contributed by atoms with Crippen LogP contribution in [0.2, 0.25) is 0 Å². The van der Waals surface area contributed by atoms with Gasteiger partial charge in [0, 0.05) is 5.69 Å². The monoisotopic (exact) mass is 394 g/mol. The molecule has 0 aliphatic carbocycles. The average Bonchev–Trinajstić information content (AvgIpc) is 3.21. The topological polar surface area (TPSA) is 90.9 Å². The third-order valence-electron chi connectivity index (χ3n) is 4.64. The summed E-state index contributed by atoms with van der Waals surface area (Å²) in [4.78, 5) is 13.1. The van der Waals surface area contributed by atoms with Gasteiger partial charge < -0.3 is 15.8 Å². The molecule has 2 heterocycles. The van der Waals surface area contributed by atoms with Gasteiger partial charge in [0.1, 0.15) is 29.8 Å². The Morgan fingerprint density at radius 1 is 0.767 bits per heavy atom. The molecule has 30 heavy (non-hydrogen) atoms. The van der Waals surface area contributed by atoms with Crippen molar-refractivity contribution in [3.05, 3.63) is 91.5 Å². The summed E-state index contributed by atoms with van der Waals surface area (Å²) in [6.45, 7) is 0. The zero-order valence-corrected chi connectivity index (χ0v) is 15.9. The molecule has 3 aromatic carbocycles. The van der Waals surface area contributed by atoms with Crippen molar-refractivity contribution in [1.82, 2.24) is 19.5 Å². The Kier molecular flexibility index (Phi) is 4.46. The highest BCUT2D eigenvalue weighted by atomic mass is 16.5. The van der Waals surface area contributed by atoms with Crippen LogP contribution in [0.4, 0.5) is 17.2 Å². The Morgan fingerprint density at radius 3 is 2.33 bits per heavy atom. The summed E-state index contributed by atoms with van der Waals surface area (Å²) in [5, 5.41) is 3.25.